The molecule has 2 aromatic carbocycles. The second-order valence-corrected chi connectivity index (χ2v) is 7.84. The SMILES string of the molecule is O=C(c1cccc(CN2C(=O)COc3ccccc32)c1)N1CCC2(CC1)OCCO2. The van der Waals surface area contributed by atoms with Gasteiger partial charge >= 0.3 is 0 Å². The Morgan fingerprint density at radius 1 is 1.00 bits per heavy atom. The van der Waals surface area contributed by atoms with Gasteiger partial charge < -0.3 is 24.0 Å². The molecule has 0 radical (unpaired) electrons. The van der Waals surface area contributed by atoms with E-state index in [4.69, 9.17) is 14.2 Å². The highest BCUT2D eigenvalue weighted by molar-refractivity contribution is 5.98. The maximum absolute atomic E-state index is 13.1. The normalized spacial score (nSPS) is 20.2. The van der Waals surface area contributed by atoms with Crippen LogP contribution in [0.2, 0.25) is 0 Å². The molecule has 0 aliphatic carbocycles. The van der Waals surface area contributed by atoms with Gasteiger partial charge in [-0.05, 0) is 29.8 Å². The molecule has 7 heteroatoms. The Morgan fingerprint density at radius 3 is 2.57 bits per heavy atom. The van der Waals surface area contributed by atoms with Gasteiger partial charge in [-0.25, -0.2) is 0 Å². The molecule has 0 aromatic heterocycles. The summed E-state index contributed by atoms with van der Waals surface area (Å²) in [5.74, 6) is 0.104. The van der Waals surface area contributed by atoms with Crippen LogP contribution in [0, 0.1) is 0 Å². The predicted molar refractivity (Wildman–Crippen MR) is 109 cm³/mol. The lowest BCUT2D eigenvalue weighted by molar-refractivity contribution is -0.181. The summed E-state index contributed by atoms with van der Waals surface area (Å²) in [6.07, 6.45) is 1.38. The third-order valence-corrected chi connectivity index (χ3v) is 5.95. The van der Waals surface area contributed by atoms with Gasteiger partial charge in [0.2, 0.25) is 0 Å². The van der Waals surface area contributed by atoms with Crippen molar-refractivity contribution in [1.29, 1.82) is 0 Å². The molecule has 3 heterocycles. The summed E-state index contributed by atoms with van der Waals surface area (Å²) in [7, 11) is 0. The van der Waals surface area contributed by atoms with Crippen LogP contribution < -0.4 is 9.64 Å². The smallest absolute Gasteiger partial charge is 0.265 e. The fourth-order valence-electron chi connectivity index (χ4n) is 4.33. The maximum atomic E-state index is 13.1. The van der Waals surface area contributed by atoms with Crippen LogP contribution in [0.25, 0.3) is 0 Å². The van der Waals surface area contributed by atoms with Gasteiger partial charge in [0.05, 0.1) is 25.4 Å². The summed E-state index contributed by atoms with van der Waals surface area (Å²) >= 11 is 0. The van der Waals surface area contributed by atoms with Crippen molar-refractivity contribution in [1.82, 2.24) is 4.90 Å². The number of rotatable bonds is 3. The molecule has 0 saturated carbocycles. The van der Waals surface area contributed by atoms with E-state index in [0.717, 1.165) is 11.3 Å². The molecule has 2 saturated heterocycles. The van der Waals surface area contributed by atoms with Gasteiger partial charge in [-0.15, -0.1) is 0 Å². The van der Waals surface area contributed by atoms with Crippen LogP contribution in [0.3, 0.4) is 0 Å². The Bertz CT molecular complexity index is 960. The first-order valence-corrected chi connectivity index (χ1v) is 10.3. The zero-order chi connectivity index (χ0) is 20.6. The highest BCUT2D eigenvalue weighted by atomic mass is 16.7. The minimum absolute atomic E-state index is 0.00148. The van der Waals surface area contributed by atoms with E-state index in [1.165, 1.54) is 0 Å². The van der Waals surface area contributed by atoms with Crippen LogP contribution >= 0.6 is 0 Å². The van der Waals surface area contributed by atoms with Crippen LogP contribution in [0.15, 0.2) is 48.5 Å². The molecule has 0 N–H and O–H groups in total. The molecule has 0 atom stereocenters. The molecule has 3 aliphatic rings. The molecule has 3 aliphatic heterocycles. The third-order valence-electron chi connectivity index (χ3n) is 5.95. The number of amides is 2. The van der Waals surface area contributed by atoms with E-state index >= 15 is 0 Å². The molecule has 1 spiro atoms. The van der Waals surface area contributed by atoms with E-state index in [2.05, 4.69) is 0 Å². The molecule has 2 fully saturated rings. The Kier molecular flexibility index (Phi) is 4.92. The van der Waals surface area contributed by atoms with Gasteiger partial charge in [0, 0.05) is 31.5 Å². The Labute approximate surface area is 175 Å². The van der Waals surface area contributed by atoms with Gasteiger partial charge in [0.1, 0.15) is 5.75 Å². The topological polar surface area (TPSA) is 68.3 Å². The summed E-state index contributed by atoms with van der Waals surface area (Å²) in [5.41, 5.74) is 2.29. The minimum Gasteiger partial charge on any atom is -0.482 e. The number of benzene rings is 2. The maximum Gasteiger partial charge on any atom is 0.265 e. The molecular formula is C23H24N2O5. The fourth-order valence-corrected chi connectivity index (χ4v) is 4.33. The largest absolute Gasteiger partial charge is 0.482 e. The number of hydrogen-bond donors (Lipinski definition) is 0. The standard InChI is InChI=1S/C23H24N2O5/c26-21-16-28-20-7-2-1-6-19(20)25(21)15-17-4-3-5-18(14-17)22(27)24-10-8-23(9-11-24)29-12-13-30-23/h1-7,14H,8-13,15-16H2. The Hall–Kier alpha value is -2.90. The zero-order valence-electron chi connectivity index (χ0n) is 16.7. The lowest BCUT2D eigenvalue weighted by atomic mass is 10.0. The van der Waals surface area contributed by atoms with Gasteiger partial charge in [-0.2, -0.15) is 0 Å². The van der Waals surface area contributed by atoms with Crippen molar-refractivity contribution in [2.45, 2.75) is 25.2 Å². The van der Waals surface area contributed by atoms with E-state index in [0.29, 0.717) is 57.0 Å². The Morgan fingerprint density at radius 2 is 1.77 bits per heavy atom. The first-order valence-electron chi connectivity index (χ1n) is 10.3. The van der Waals surface area contributed by atoms with Gasteiger partial charge in [0.25, 0.3) is 11.8 Å². The van der Waals surface area contributed by atoms with Crippen LogP contribution in [-0.4, -0.2) is 55.4 Å². The van der Waals surface area contributed by atoms with Crippen LogP contribution in [-0.2, 0) is 20.8 Å². The highest BCUT2D eigenvalue weighted by Gasteiger charge is 2.40. The molecule has 2 aromatic rings. The number of anilines is 1. The van der Waals surface area contributed by atoms with Crippen molar-refractivity contribution in [3.8, 4) is 5.75 Å². The Balaban J connectivity index is 1.30. The van der Waals surface area contributed by atoms with Crippen molar-refractivity contribution in [3.63, 3.8) is 0 Å². The average molecular weight is 408 g/mol. The summed E-state index contributed by atoms with van der Waals surface area (Å²) in [4.78, 5) is 29.1. The molecule has 0 unspecified atom stereocenters. The van der Waals surface area contributed by atoms with Crippen molar-refractivity contribution in [2.75, 3.05) is 37.8 Å². The second-order valence-electron chi connectivity index (χ2n) is 7.84. The number of carbonyl (C=O) groups is 2. The number of fused-ring (bicyclic) bond motifs is 1. The monoisotopic (exact) mass is 408 g/mol. The highest BCUT2D eigenvalue weighted by Crippen LogP contribution is 2.33. The van der Waals surface area contributed by atoms with Crippen molar-refractivity contribution < 1.29 is 23.8 Å². The van der Waals surface area contributed by atoms with Crippen LogP contribution in [0.5, 0.6) is 5.75 Å². The number of para-hydroxylation sites is 2. The number of hydrogen-bond acceptors (Lipinski definition) is 5. The van der Waals surface area contributed by atoms with Gasteiger partial charge in [-0.3, -0.25) is 9.59 Å². The molecule has 0 bridgehead atoms. The number of ether oxygens (including phenoxy) is 3. The number of nitrogens with zero attached hydrogens (tertiary/aromatic N) is 2. The number of carbonyl (C=O) groups excluding carboxylic acids is 2. The lowest BCUT2D eigenvalue weighted by Crippen LogP contribution is -2.47. The van der Waals surface area contributed by atoms with E-state index in [1.807, 2.05) is 53.4 Å². The first kappa shape index (κ1) is 19.1. The fraction of sp³-hybridized carbons (Fsp3) is 0.391. The second kappa shape index (κ2) is 7.74. The van der Waals surface area contributed by atoms with Crippen LogP contribution in [0.4, 0.5) is 5.69 Å². The van der Waals surface area contributed by atoms with Crippen LogP contribution in [0.1, 0.15) is 28.8 Å². The predicted octanol–water partition coefficient (Wildman–Crippen LogP) is 2.59. The molecular weight excluding hydrogens is 384 g/mol. The van der Waals surface area contributed by atoms with Crippen molar-refractivity contribution >= 4 is 17.5 Å². The number of piperidine rings is 1. The molecule has 2 amide bonds. The summed E-state index contributed by atoms with van der Waals surface area (Å²) in [5, 5.41) is 0. The summed E-state index contributed by atoms with van der Waals surface area (Å²) in [6.45, 7) is 2.88. The van der Waals surface area contributed by atoms with E-state index in [1.54, 1.807) is 4.90 Å². The quantitative estimate of drug-likeness (QED) is 0.781. The molecule has 5 rings (SSSR count). The summed E-state index contributed by atoms with van der Waals surface area (Å²) < 4.78 is 17.0. The van der Waals surface area contributed by atoms with Gasteiger partial charge in [-0.1, -0.05) is 24.3 Å². The molecule has 156 valence electrons. The van der Waals surface area contributed by atoms with Crippen molar-refractivity contribution in [2.24, 2.45) is 0 Å². The number of likely N-dealkylation sites (tertiary alicyclic amines) is 1. The van der Waals surface area contributed by atoms with E-state index < -0.39 is 5.79 Å². The minimum atomic E-state index is -0.497. The van der Waals surface area contributed by atoms with E-state index in [9.17, 15) is 9.59 Å². The first-order chi connectivity index (χ1) is 14.6. The summed E-state index contributed by atoms with van der Waals surface area (Å²) in [6, 6.07) is 15.0. The average Bonchev–Trinajstić information content (AvgIpc) is 3.24. The van der Waals surface area contributed by atoms with E-state index in [-0.39, 0.29) is 18.4 Å². The molecule has 7 nitrogen and oxygen atoms in total. The zero-order valence-corrected chi connectivity index (χ0v) is 16.7. The molecule has 30 heavy (non-hydrogen) atoms. The van der Waals surface area contributed by atoms with Crippen molar-refractivity contribution in [3.05, 3.63) is 59.7 Å². The van der Waals surface area contributed by atoms with Gasteiger partial charge in [0.15, 0.2) is 12.4 Å². The third kappa shape index (κ3) is 3.55. The lowest BCUT2D eigenvalue weighted by Gasteiger charge is -2.37.